The monoisotopic (exact) mass is 380 g/mol. The first-order chi connectivity index (χ1) is 12.9. The number of nitrogens with one attached hydrogen (secondary N) is 1. The number of rotatable bonds is 6. The van der Waals surface area contributed by atoms with Crippen molar-refractivity contribution in [3.8, 4) is 6.07 Å². The van der Waals surface area contributed by atoms with Crippen LogP contribution in [0, 0.1) is 11.3 Å². The molecule has 0 heterocycles. The molecule has 3 aromatic rings. The maximum atomic E-state index is 12.7. The van der Waals surface area contributed by atoms with Crippen molar-refractivity contribution in [2.24, 2.45) is 0 Å². The molecule has 136 valence electrons. The number of sulfonamides is 1. The normalized spacial score (nSPS) is 12.4. The zero-order valence-corrected chi connectivity index (χ0v) is 15.0. The Labute approximate surface area is 156 Å². The number of nitrogens with zero attached hydrogens (tertiary/aromatic N) is 1. The van der Waals surface area contributed by atoms with E-state index in [-0.39, 0.29) is 11.3 Å². The molecule has 0 aliphatic heterocycles. The highest BCUT2D eigenvalue weighted by Crippen LogP contribution is 2.19. The van der Waals surface area contributed by atoms with Gasteiger partial charge in [-0.3, -0.25) is 4.79 Å². The Morgan fingerprint density at radius 2 is 1.70 bits per heavy atom. The molecule has 0 spiro atoms. The van der Waals surface area contributed by atoms with Gasteiger partial charge >= 0.3 is 5.97 Å². The molecule has 1 atom stereocenters. The molecule has 1 unspecified atom stereocenters. The van der Waals surface area contributed by atoms with Crippen LogP contribution in [0.5, 0.6) is 0 Å². The number of hydrogen-bond donors (Lipinski definition) is 2. The van der Waals surface area contributed by atoms with Crippen LogP contribution in [0.1, 0.15) is 11.1 Å². The summed E-state index contributed by atoms with van der Waals surface area (Å²) in [4.78, 5) is 11.6. The first kappa shape index (κ1) is 18.6. The van der Waals surface area contributed by atoms with Crippen molar-refractivity contribution in [3.63, 3.8) is 0 Å². The highest BCUT2D eigenvalue weighted by atomic mass is 32.2. The molecule has 6 nitrogen and oxygen atoms in total. The second-order valence-corrected chi connectivity index (χ2v) is 7.75. The van der Waals surface area contributed by atoms with E-state index in [9.17, 15) is 18.3 Å². The zero-order chi connectivity index (χ0) is 19.4. The molecule has 0 radical (unpaired) electrons. The fraction of sp³-hybridized carbons (Fsp3) is 0.100. The fourth-order valence-electron chi connectivity index (χ4n) is 2.72. The highest BCUT2D eigenvalue weighted by molar-refractivity contribution is 7.89. The summed E-state index contributed by atoms with van der Waals surface area (Å²) >= 11 is 0. The second kappa shape index (κ2) is 7.58. The van der Waals surface area contributed by atoms with E-state index in [0.717, 1.165) is 10.8 Å². The number of carboxylic acids is 1. The largest absolute Gasteiger partial charge is 0.480 e. The predicted octanol–water partition coefficient (Wildman–Crippen LogP) is 2.69. The van der Waals surface area contributed by atoms with Gasteiger partial charge in [-0.1, -0.05) is 42.5 Å². The van der Waals surface area contributed by atoms with Gasteiger partial charge in [0, 0.05) is 0 Å². The Bertz CT molecular complexity index is 1130. The van der Waals surface area contributed by atoms with Crippen LogP contribution in [0.3, 0.4) is 0 Å². The number of fused-ring (bicyclic) bond motifs is 1. The van der Waals surface area contributed by atoms with Crippen molar-refractivity contribution in [2.75, 3.05) is 0 Å². The third kappa shape index (κ3) is 4.31. The molecule has 3 aromatic carbocycles. The molecule has 7 heteroatoms. The van der Waals surface area contributed by atoms with Crippen molar-refractivity contribution in [2.45, 2.75) is 17.4 Å². The van der Waals surface area contributed by atoms with E-state index >= 15 is 0 Å². The molecule has 27 heavy (non-hydrogen) atoms. The molecule has 0 saturated carbocycles. The zero-order valence-electron chi connectivity index (χ0n) is 14.2. The lowest BCUT2D eigenvalue weighted by molar-refractivity contribution is -0.138. The van der Waals surface area contributed by atoms with Crippen molar-refractivity contribution in [1.82, 2.24) is 4.72 Å². The molecule has 0 fully saturated rings. The first-order valence-corrected chi connectivity index (χ1v) is 9.60. The molecular formula is C20H16N2O4S. The standard InChI is InChI=1S/C20H16N2O4S/c21-13-15-7-5-14(6-8-15)11-19(20(23)24)22-27(25,26)18-10-9-16-3-1-2-4-17(16)12-18/h1-10,12,19,22H,11H2,(H,23,24). The minimum absolute atomic E-state index is 0.00674. The Morgan fingerprint density at radius 3 is 2.33 bits per heavy atom. The fourth-order valence-corrected chi connectivity index (χ4v) is 3.94. The van der Waals surface area contributed by atoms with Crippen LogP contribution in [0.25, 0.3) is 10.8 Å². The molecule has 3 rings (SSSR count). The van der Waals surface area contributed by atoms with E-state index in [2.05, 4.69) is 4.72 Å². The van der Waals surface area contributed by atoms with Crippen LogP contribution in [0.2, 0.25) is 0 Å². The maximum Gasteiger partial charge on any atom is 0.322 e. The van der Waals surface area contributed by atoms with E-state index in [4.69, 9.17) is 5.26 Å². The van der Waals surface area contributed by atoms with E-state index in [1.807, 2.05) is 18.2 Å². The van der Waals surface area contributed by atoms with Crippen LogP contribution >= 0.6 is 0 Å². The average molecular weight is 380 g/mol. The Hall–Kier alpha value is -3.21. The molecule has 0 aliphatic rings. The summed E-state index contributed by atoms with van der Waals surface area (Å²) < 4.78 is 27.6. The quantitative estimate of drug-likeness (QED) is 0.684. The lowest BCUT2D eigenvalue weighted by atomic mass is 10.1. The Morgan fingerprint density at radius 1 is 1.04 bits per heavy atom. The summed E-state index contributed by atoms with van der Waals surface area (Å²) in [5.74, 6) is -1.27. The van der Waals surface area contributed by atoms with Crippen molar-refractivity contribution >= 4 is 26.8 Å². The third-order valence-electron chi connectivity index (χ3n) is 4.15. The molecule has 0 aromatic heterocycles. The number of carboxylic acid groups (broad SMARTS) is 1. The smallest absolute Gasteiger partial charge is 0.322 e. The molecule has 2 N–H and O–H groups in total. The second-order valence-electron chi connectivity index (χ2n) is 6.03. The summed E-state index contributed by atoms with van der Waals surface area (Å²) in [6.07, 6.45) is -0.0339. The van der Waals surface area contributed by atoms with E-state index in [0.29, 0.717) is 11.1 Å². The molecule has 0 bridgehead atoms. The predicted molar refractivity (Wildman–Crippen MR) is 101 cm³/mol. The van der Waals surface area contributed by atoms with Crippen molar-refractivity contribution in [3.05, 3.63) is 77.9 Å². The van der Waals surface area contributed by atoms with Gasteiger partial charge in [0.15, 0.2) is 0 Å². The SMILES string of the molecule is N#Cc1ccc(CC(NS(=O)(=O)c2ccc3ccccc3c2)C(=O)O)cc1. The van der Waals surface area contributed by atoms with Gasteiger partial charge < -0.3 is 5.11 Å². The van der Waals surface area contributed by atoms with E-state index < -0.39 is 22.0 Å². The molecule has 0 saturated heterocycles. The van der Waals surface area contributed by atoms with Crippen LogP contribution in [-0.2, 0) is 21.2 Å². The summed E-state index contributed by atoms with van der Waals surface area (Å²) in [6.45, 7) is 0. The van der Waals surface area contributed by atoms with E-state index in [1.165, 1.54) is 12.1 Å². The molecular weight excluding hydrogens is 364 g/mol. The molecule has 0 amide bonds. The van der Waals surface area contributed by atoms with Gasteiger partial charge in [0.1, 0.15) is 6.04 Å². The average Bonchev–Trinajstić information content (AvgIpc) is 2.67. The van der Waals surface area contributed by atoms with Crippen LogP contribution < -0.4 is 4.72 Å². The van der Waals surface area contributed by atoms with Crippen LogP contribution in [0.15, 0.2) is 71.6 Å². The summed E-state index contributed by atoms with van der Waals surface area (Å²) in [6, 6.07) is 19.0. The first-order valence-electron chi connectivity index (χ1n) is 8.12. The maximum absolute atomic E-state index is 12.7. The minimum Gasteiger partial charge on any atom is -0.480 e. The minimum atomic E-state index is -4.01. The van der Waals surface area contributed by atoms with Crippen LogP contribution in [0.4, 0.5) is 0 Å². The lowest BCUT2D eigenvalue weighted by Gasteiger charge is -2.15. The summed E-state index contributed by atoms with van der Waals surface area (Å²) in [5, 5.41) is 19.9. The topological polar surface area (TPSA) is 107 Å². The van der Waals surface area contributed by atoms with Crippen molar-refractivity contribution in [1.29, 1.82) is 5.26 Å². The van der Waals surface area contributed by atoms with Gasteiger partial charge in [0.2, 0.25) is 10.0 Å². The lowest BCUT2D eigenvalue weighted by Crippen LogP contribution is -2.42. The number of aliphatic carboxylic acids is 1. The molecule has 0 aliphatic carbocycles. The van der Waals surface area contributed by atoms with Gasteiger partial charge in [-0.2, -0.15) is 9.98 Å². The highest BCUT2D eigenvalue weighted by Gasteiger charge is 2.25. The number of benzene rings is 3. The summed E-state index contributed by atoms with van der Waals surface area (Å²) in [7, 11) is -4.01. The number of carbonyl (C=O) groups is 1. The Balaban J connectivity index is 1.85. The van der Waals surface area contributed by atoms with Gasteiger partial charge in [-0.05, 0) is 47.0 Å². The number of nitriles is 1. The van der Waals surface area contributed by atoms with E-state index in [1.54, 1.807) is 42.5 Å². The van der Waals surface area contributed by atoms with Gasteiger partial charge in [-0.15, -0.1) is 0 Å². The van der Waals surface area contributed by atoms with Crippen LogP contribution in [-0.4, -0.2) is 25.5 Å². The van der Waals surface area contributed by atoms with Gasteiger partial charge in [0.25, 0.3) is 0 Å². The third-order valence-corrected chi connectivity index (χ3v) is 5.62. The van der Waals surface area contributed by atoms with Gasteiger partial charge in [0.05, 0.1) is 16.5 Å². The van der Waals surface area contributed by atoms with Gasteiger partial charge in [-0.25, -0.2) is 8.42 Å². The summed E-state index contributed by atoms with van der Waals surface area (Å²) in [5.41, 5.74) is 1.06. The van der Waals surface area contributed by atoms with Crippen molar-refractivity contribution < 1.29 is 18.3 Å². The number of hydrogen-bond acceptors (Lipinski definition) is 4. The Kier molecular flexibility index (Phi) is 5.21.